The highest BCUT2D eigenvalue weighted by Gasteiger charge is 2.59. The number of anilines is 1. The zero-order valence-corrected chi connectivity index (χ0v) is 12.6. The molecule has 2 amide bonds. The molecule has 4 atom stereocenters. The Morgan fingerprint density at radius 2 is 1.38 bits per heavy atom. The van der Waals surface area contributed by atoms with Crippen molar-refractivity contribution in [3.8, 4) is 0 Å². The van der Waals surface area contributed by atoms with E-state index in [2.05, 4.69) is 25.1 Å². The Morgan fingerprint density at radius 3 is 1.95 bits per heavy atom. The molecule has 1 aromatic rings. The third-order valence-corrected chi connectivity index (χ3v) is 5.52. The van der Waals surface area contributed by atoms with Gasteiger partial charge in [-0.2, -0.15) is 0 Å². The van der Waals surface area contributed by atoms with Crippen molar-refractivity contribution in [3.05, 3.63) is 41.0 Å². The number of hydrogen-bond donors (Lipinski definition) is 0. The normalized spacial score (nSPS) is 33.2. The smallest absolute Gasteiger partial charge is 0.238 e. The number of rotatable bonds is 1. The van der Waals surface area contributed by atoms with E-state index in [1.165, 1.54) is 10.5 Å². The van der Waals surface area contributed by atoms with Crippen molar-refractivity contribution in [2.45, 2.75) is 27.2 Å². The molecule has 108 valence electrons. The molecular weight excluding hydrogens is 262 g/mol. The van der Waals surface area contributed by atoms with Gasteiger partial charge in [0.2, 0.25) is 11.8 Å². The van der Waals surface area contributed by atoms with Gasteiger partial charge in [0.25, 0.3) is 0 Å². The predicted octanol–water partition coefficient (Wildman–Crippen LogP) is 2.92. The van der Waals surface area contributed by atoms with Gasteiger partial charge in [-0.25, -0.2) is 4.90 Å². The van der Waals surface area contributed by atoms with Gasteiger partial charge >= 0.3 is 0 Å². The minimum absolute atomic E-state index is 0.00760. The molecule has 3 aliphatic rings. The lowest BCUT2D eigenvalue weighted by atomic mass is 9.85. The quantitative estimate of drug-likeness (QED) is 0.586. The van der Waals surface area contributed by atoms with E-state index < -0.39 is 0 Å². The first-order valence-corrected chi connectivity index (χ1v) is 7.63. The van der Waals surface area contributed by atoms with Gasteiger partial charge in [0.15, 0.2) is 0 Å². The number of fused-ring (bicyclic) bond motifs is 5. The van der Waals surface area contributed by atoms with Gasteiger partial charge in [0, 0.05) is 0 Å². The molecule has 3 heteroatoms. The maximum absolute atomic E-state index is 12.8. The van der Waals surface area contributed by atoms with E-state index in [0.717, 1.165) is 23.2 Å². The maximum Gasteiger partial charge on any atom is 0.238 e. The monoisotopic (exact) mass is 281 g/mol. The van der Waals surface area contributed by atoms with E-state index in [9.17, 15) is 9.59 Å². The minimum Gasteiger partial charge on any atom is -0.274 e. The number of imide groups is 1. The molecule has 1 heterocycles. The highest BCUT2D eigenvalue weighted by molar-refractivity contribution is 6.23. The van der Waals surface area contributed by atoms with E-state index in [-0.39, 0.29) is 35.5 Å². The Balaban J connectivity index is 1.80. The molecule has 4 rings (SSSR count). The number of hydrogen-bond acceptors (Lipinski definition) is 2. The molecule has 1 saturated carbocycles. The van der Waals surface area contributed by atoms with Crippen molar-refractivity contribution >= 4 is 17.5 Å². The van der Waals surface area contributed by atoms with Crippen LogP contribution >= 0.6 is 0 Å². The molecule has 0 radical (unpaired) electrons. The second-order valence-electron chi connectivity index (χ2n) is 6.73. The molecule has 2 aliphatic carbocycles. The lowest BCUT2D eigenvalue weighted by Gasteiger charge is -2.20. The lowest BCUT2D eigenvalue weighted by molar-refractivity contribution is -0.123. The Bertz CT molecular complexity index is 673. The summed E-state index contributed by atoms with van der Waals surface area (Å²) in [6.45, 7) is 6.05. The minimum atomic E-state index is -0.117. The molecule has 21 heavy (non-hydrogen) atoms. The Hall–Kier alpha value is -1.90. The van der Waals surface area contributed by atoms with E-state index in [1.807, 2.05) is 19.9 Å². The second kappa shape index (κ2) is 4.06. The third kappa shape index (κ3) is 1.55. The van der Waals surface area contributed by atoms with Gasteiger partial charge in [-0.1, -0.05) is 18.2 Å². The molecular formula is C18H19NO2. The topological polar surface area (TPSA) is 37.4 Å². The fraction of sp³-hybridized carbons (Fsp3) is 0.444. The molecule has 0 unspecified atom stereocenters. The lowest BCUT2D eigenvalue weighted by Crippen LogP contribution is -2.33. The van der Waals surface area contributed by atoms with Crippen LogP contribution in [0.1, 0.15) is 23.1 Å². The van der Waals surface area contributed by atoms with E-state index in [1.54, 1.807) is 0 Å². The number of allylic oxidation sites excluding steroid dienone is 2. The number of benzene rings is 1. The van der Waals surface area contributed by atoms with Gasteiger partial charge in [-0.15, -0.1) is 0 Å². The van der Waals surface area contributed by atoms with Crippen molar-refractivity contribution < 1.29 is 9.59 Å². The Kier molecular flexibility index (Phi) is 2.48. The van der Waals surface area contributed by atoms with Crippen LogP contribution in [0.15, 0.2) is 24.3 Å². The van der Waals surface area contributed by atoms with Crippen LogP contribution in [0.25, 0.3) is 0 Å². The van der Waals surface area contributed by atoms with Crippen molar-refractivity contribution in [1.29, 1.82) is 0 Å². The van der Waals surface area contributed by atoms with E-state index in [4.69, 9.17) is 0 Å². The summed E-state index contributed by atoms with van der Waals surface area (Å²) in [4.78, 5) is 27.1. The molecule has 1 aromatic carbocycles. The zero-order chi connectivity index (χ0) is 14.9. The number of aryl methyl sites for hydroxylation is 3. The summed E-state index contributed by atoms with van der Waals surface area (Å²) in [6, 6.07) is 4.04. The van der Waals surface area contributed by atoms with Crippen LogP contribution in [0.5, 0.6) is 0 Å². The van der Waals surface area contributed by atoms with Crippen LogP contribution in [0.3, 0.4) is 0 Å². The van der Waals surface area contributed by atoms with Crippen LogP contribution in [0.4, 0.5) is 5.69 Å². The van der Waals surface area contributed by atoms with Gasteiger partial charge < -0.3 is 0 Å². The zero-order valence-electron chi connectivity index (χ0n) is 12.6. The average molecular weight is 281 g/mol. The van der Waals surface area contributed by atoms with E-state index >= 15 is 0 Å². The second-order valence-corrected chi connectivity index (χ2v) is 6.73. The molecule has 2 bridgehead atoms. The summed E-state index contributed by atoms with van der Waals surface area (Å²) in [5, 5.41) is 0. The van der Waals surface area contributed by atoms with Gasteiger partial charge in [-0.3, -0.25) is 9.59 Å². The van der Waals surface area contributed by atoms with Crippen LogP contribution in [-0.2, 0) is 9.59 Å². The summed E-state index contributed by atoms with van der Waals surface area (Å²) < 4.78 is 0. The molecule has 2 fully saturated rings. The Morgan fingerprint density at radius 1 is 0.857 bits per heavy atom. The molecule has 0 aromatic heterocycles. The van der Waals surface area contributed by atoms with Crippen molar-refractivity contribution in [3.63, 3.8) is 0 Å². The summed E-state index contributed by atoms with van der Waals surface area (Å²) in [5.41, 5.74) is 4.09. The largest absolute Gasteiger partial charge is 0.274 e. The van der Waals surface area contributed by atoms with Gasteiger partial charge in [-0.05, 0) is 61.8 Å². The average Bonchev–Trinajstić information content (AvgIpc) is 3.09. The van der Waals surface area contributed by atoms with Gasteiger partial charge in [0.1, 0.15) is 0 Å². The first-order valence-electron chi connectivity index (χ1n) is 7.63. The maximum atomic E-state index is 12.8. The highest BCUT2D eigenvalue weighted by Crippen LogP contribution is 2.53. The fourth-order valence-electron chi connectivity index (χ4n) is 4.33. The van der Waals surface area contributed by atoms with Crippen molar-refractivity contribution in [1.82, 2.24) is 0 Å². The Labute approximate surface area is 124 Å². The van der Waals surface area contributed by atoms with E-state index in [0.29, 0.717) is 0 Å². The summed E-state index contributed by atoms with van der Waals surface area (Å²) in [5.74, 6) is 0.324. The molecule has 1 aliphatic heterocycles. The SMILES string of the molecule is Cc1cc(C)c(N2C(=O)[C@@H]3[C@H](C2=O)[C@@H]2C=C[C@H]3C2)cc1C. The number of carbonyl (C=O) groups excluding carboxylic acids is 2. The number of nitrogens with zero attached hydrogens (tertiary/aromatic N) is 1. The van der Waals surface area contributed by atoms with Gasteiger partial charge in [0.05, 0.1) is 17.5 Å². The highest BCUT2D eigenvalue weighted by atomic mass is 16.2. The fourth-order valence-corrected chi connectivity index (χ4v) is 4.33. The van der Waals surface area contributed by atoms with Crippen molar-refractivity contribution in [2.24, 2.45) is 23.7 Å². The molecule has 3 nitrogen and oxygen atoms in total. The summed E-state index contributed by atoms with van der Waals surface area (Å²) in [6.07, 6.45) is 5.24. The summed E-state index contributed by atoms with van der Waals surface area (Å²) in [7, 11) is 0. The standard InChI is InChI=1S/C18H19NO2/c1-9-6-11(3)14(7-10(9)2)19-17(20)15-12-4-5-13(8-12)16(15)18(19)21/h4-7,12-13,15-16H,8H2,1-3H3/t12-,13+,15-,16+. The van der Waals surface area contributed by atoms with Crippen LogP contribution < -0.4 is 4.90 Å². The first kappa shape index (κ1) is 12.8. The van der Waals surface area contributed by atoms with Crippen LogP contribution in [0.2, 0.25) is 0 Å². The third-order valence-electron chi connectivity index (χ3n) is 5.52. The van der Waals surface area contributed by atoms with Crippen LogP contribution in [-0.4, -0.2) is 11.8 Å². The first-order chi connectivity index (χ1) is 9.99. The van der Waals surface area contributed by atoms with Crippen molar-refractivity contribution in [2.75, 3.05) is 4.90 Å². The number of amides is 2. The summed E-state index contributed by atoms with van der Waals surface area (Å²) >= 11 is 0. The molecule has 1 saturated heterocycles. The predicted molar refractivity (Wildman–Crippen MR) is 80.9 cm³/mol. The van der Waals surface area contributed by atoms with Crippen LogP contribution in [0, 0.1) is 44.4 Å². The number of carbonyl (C=O) groups is 2. The molecule has 0 N–H and O–H groups in total. The molecule has 0 spiro atoms.